The van der Waals surface area contributed by atoms with E-state index >= 15 is 0 Å². The molecule has 1 aliphatic rings. The molecule has 0 amide bonds. The number of rotatable bonds is 7. The standard InChI is InChI=1S/C14H30N2O/c1-4-14(15,11-17)7-5-8-16-9-6-13(10-16)12(2)3/h12-13,17H,4-11,15H2,1-3H3. The summed E-state index contributed by atoms with van der Waals surface area (Å²) in [6.45, 7) is 10.4. The Morgan fingerprint density at radius 2 is 2.18 bits per heavy atom. The van der Waals surface area contributed by atoms with E-state index in [4.69, 9.17) is 5.73 Å². The van der Waals surface area contributed by atoms with Crippen molar-refractivity contribution in [3.8, 4) is 0 Å². The summed E-state index contributed by atoms with van der Waals surface area (Å²) in [4.78, 5) is 2.55. The van der Waals surface area contributed by atoms with Crippen LogP contribution in [0.2, 0.25) is 0 Å². The summed E-state index contributed by atoms with van der Waals surface area (Å²) >= 11 is 0. The summed E-state index contributed by atoms with van der Waals surface area (Å²) < 4.78 is 0. The number of nitrogens with zero attached hydrogens (tertiary/aromatic N) is 1. The van der Waals surface area contributed by atoms with E-state index < -0.39 is 0 Å². The van der Waals surface area contributed by atoms with Gasteiger partial charge in [0.25, 0.3) is 0 Å². The van der Waals surface area contributed by atoms with E-state index in [1.54, 1.807) is 0 Å². The molecule has 0 spiro atoms. The monoisotopic (exact) mass is 242 g/mol. The number of hydrogen-bond acceptors (Lipinski definition) is 3. The van der Waals surface area contributed by atoms with Gasteiger partial charge in [-0.2, -0.15) is 0 Å². The Hall–Kier alpha value is -0.120. The van der Waals surface area contributed by atoms with E-state index in [0.717, 1.165) is 37.6 Å². The zero-order valence-corrected chi connectivity index (χ0v) is 11.8. The zero-order chi connectivity index (χ0) is 12.9. The number of likely N-dealkylation sites (tertiary alicyclic amines) is 1. The van der Waals surface area contributed by atoms with Crippen molar-refractivity contribution >= 4 is 0 Å². The lowest BCUT2D eigenvalue weighted by molar-refractivity contribution is 0.174. The molecule has 1 aliphatic heterocycles. The van der Waals surface area contributed by atoms with Gasteiger partial charge < -0.3 is 15.7 Å². The SMILES string of the molecule is CCC(N)(CO)CCCN1CCC(C(C)C)C1. The first-order valence-electron chi connectivity index (χ1n) is 7.13. The lowest BCUT2D eigenvalue weighted by Gasteiger charge is -2.26. The summed E-state index contributed by atoms with van der Waals surface area (Å²) in [5, 5.41) is 9.25. The molecule has 3 N–H and O–H groups in total. The molecule has 0 saturated carbocycles. The Morgan fingerprint density at radius 1 is 1.47 bits per heavy atom. The minimum atomic E-state index is -0.350. The van der Waals surface area contributed by atoms with Crippen molar-refractivity contribution in [3.05, 3.63) is 0 Å². The van der Waals surface area contributed by atoms with Crippen LogP contribution in [-0.4, -0.2) is 41.8 Å². The van der Waals surface area contributed by atoms with Crippen LogP contribution in [0.25, 0.3) is 0 Å². The number of nitrogens with two attached hydrogens (primary N) is 1. The third-order valence-corrected chi connectivity index (χ3v) is 4.42. The van der Waals surface area contributed by atoms with Crippen molar-refractivity contribution in [2.24, 2.45) is 17.6 Å². The lowest BCUT2D eigenvalue weighted by atomic mass is 9.92. The molecule has 1 rings (SSSR count). The predicted molar refractivity (Wildman–Crippen MR) is 72.9 cm³/mol. The molecule has 1 fully saturated rings. The van der Waals surface area contributed by atoms with E-state index in [-0.39, 0.29) is 12.1 Å². The molecule has 0 aliphatic carbocycles. The highest BCUT2D eigenvalue weighted by molar-refractivity contribution is 4.83. The third kappa shape index (κ3) is 4.57. The van der Waals surface area contributed by atoms with Crippen LogP contribution in [0.1, 0.15) is 46.5 Å². The Labute approximate surface area is 106 Å². The van der Waals surface area contributed by atoms with Crippen molar-refractivity contribution in [1.29, 1.82) is 0 Å². The maximum absolute atomic E-state index is 9.25. The van der Waals surface area contributed by atoms with Gasteiger partial charge in [-0.25, -0.2) is 0 Å². The molecule has 2 unspecified atom stereocenters. The molecule has 2 atom stereocenters. The van der Waals surface area contributed by atoms with Gasteiger partial charge in [-0.3, -0.25) is 0 Å². The van der Waals surface area contributed by atoms with Crippen molar-refractivity contribution < 1.29 is 5.11 Å². The van der Waals surface area contributed by atoms with E-state index in [9.17, 15) is 5.11 Å². The fourth-order valence-corrected chi connectivity index (χ4v) is 2.63. The largest absolute Gasteiger partial charge is 0.394 e. The molecule has 0 aromatic carbocycles. The van der Waals surface area contributed by atoms with Crippen LogP contribution in [0, 0.1) is 11.8 Å². The highest BCUT2D eigenvalue weighted by Crippen LogP contribution is 2.24. The highest BCUT2D eigenvalue weighted by atomic mass is 16.3. The second-order valence-electron chi connectivity index (χ2n) is 6.07. The van der Waals surface area contributed by atoms with Crippen molar-refractivity contribution in [2.45, 2.75) is 52.0 Å². The molecular formula is C14H30N2O. The van der Waals surface area contributed by atoms with Gasteiger partial charge >= 0.3 is 0 Å². The average Bonchev–Trinajstić information content (AvgIpc) is 2.78. The van der Waals surface area contributed by atoms with Gasteiger partial charge in [0.1, 0.15) is 0 Å². The molecular weight excluding hydrogens is 212 g/mol. The molecule has 17 heavy (non-hydrogen) atoms. The molecule has 1 heterocycles. The summed E-state index contributed by atoms with van der Waals surface area (Å²) in [6, 6.07) is 0. The minimum Gasteiger partial charge on any atom is -0.394 e. The molecule has 0 aromatic heterocycles. The van der Waals surface area contributed by atoms with Gasteiger partial charge in [-0.05, 0) is 50.6 Å². The quantitative estimate of drug-likeness (QED) is 0.716. The fourth-order valence-electron chi connectivity index (χ4n) is 2.63. The summed E-state index contributed by atoms with van der Waals surface area (Å²) in [7, 11) is 0. The molecule has 3 nitrogen and oxygen atoms in total. The first-order chi connectivity index (χ1) is 8.00. The smallest absolute Gasteiger partial charge is 0.0611 e. The molecule has 0 bridgehead atoms. The normalized spacial score (nSPS) is 25.4. The van der Waals surface area contributed by atoms with Gasteiger partial charge in [0.15, 0.2) is 0 Å². The number of hydrogen-bond donors (Lipinski definition) is 2. The Kier molecular flexibility index (Phi) is 5.90. The Bertz CT molecular complexity index is 214. The first kappa shape index (κ1) is 14.9. The summed E-state index contributed by atoms with van der Waals surface area (Å²) in [6.07, 6.45) is 4.25. The van der Waals surface area contributed by atoms with Gasteiger partial charge in [0, 0.05) is 12.1 Å². The Morgan fingerprint density at radius 3 is 2.65 bits per heavy atom. The third-order valence-electron chi connectivity index (χ3n) is 4.42. The summed E-state index contributed by atoms with van der Waals surface area (Å²) in [5.74, 6) is 1.68. The van der Waals surface area contributed by atoms with Gasteiger partial charge in [-0.1, -0.05) is 20.8 Å². The lowest BCUT2D eigenvalue weighted by Crippen LogP contribution is -2.43. The van der Waals surface area contributed by atoms with Gasteiger partial charge in [-0.15, -0.1) is 0 Å². The van der Waals surface area contributed by atoms with Crippen LogP contribution in [-0.2, 0) is 0 Å². The molecule has 1 saturated heterocycles. The van der Waals surface area contributed by atoms with Crippen LogP contribution >= 0.6 is 0 Å². The van der Waals surface area contributed by atoms with E-state index in [0.29, 0.717) is 0 Å². The van der Waals surface area contributed by atoms with Crippen molar-refractivity contribution in [1.82, 2.24) is 4.90 Å². The van der Waals surface area contributed by atoms with Crippen LogP contribution in [0.5, 0.6) is 0 Å². The van der Waals surface area contributed by atoms with Crippen LogP contribution in [0.3, 0.4) is 0 Å². The zero-order valence-electron chi connectivity index (χ0n) is 11.8. The van der Waals surface area contributed by atoms with Crippen LogP contribution < -0.4 is 5.73 Å². The average molecular weight is 242 g/mol. The highest BCUT2D eigenvalue weighted by Gasteiger charge is 2.26. The summed E-state index contributed by atoms with van der Waals surface area (Å²) in [5.41, 5.74) is 5.74. The van der Waals surface area contributed by atoms with E-state index in [2.05, 4.69) is 25.7 Å². The van der Waals surface area contributed by atoms with Crippen LogP contribution in [0.15, 0.2) is 0 Å². The van der Waals surface area contributed by atoms with Gasteiger partial charge in [0.05, 0.1) is 6.61 Å². The maximum Gasteiger partial charge on any atom is 0.0611 e. The molecule has 0 radical (unpaired) electrons. The maximum atomic E-state index is 9.25. The second-order valence-corrected chi connectivity index (χ2v) is 6.07. The topological polar surface area (TPSA) is 49.5 Å². The molecule has 0 aromatic rings. The van der Waals surface area contributed by atoms with E-state index in [1.807, 2.05) is 0 Å². The number of aliphatic hydroxyl groups is 1. The van der Waals surface area contributed by atoms with Gasteiger partial charge in [0.2, 0.25) is 0 Å². The molecule has 102 valence electrons. The minimum absolute atomic E-state index is 0.109. The van der Waals surface area contributed by atoms with Crippen LogP contribution in [0.4, 0.5) is 0 Å². The molecule has 3 heteroatoms. The number of aliphatic hydroxyl groups excluding tert-OH is 1. The first-order valence-corrected chi connectivity index (χ1v) is 7.13. The van der Waals surface area contributed by atoms with E-state index in [1.165, 1.54) is 19.5 Å². The van der Waals surface area contributed by atoms with Crippen molar-refractivity contribution in [3.63, 3.8) is 0 Å². The fraction of sp³-hybridized carbons (Fsp3) is 1.00. The Balaban J connectivity index is 2.20. The second kappa shape index (κ2) is 6.72. The predicted octanol–water partition coefficient (Wildman–Crippen LogP) is 1.84. The van der Waals surface area contributed by atoms with Crippen molar-refractivity contribution in [2.75, 3.05) is 26.2 Å².